The molecule has 116 valence electrons. The highest BCUT2D eigenvalue weighted by atomic mass is 35.9. The molecule has 0 saturated carbocycles. The minimum absolute atomic E-state index is 0.584. The number of halogens is 2. The van der Waals surface area contributed by atoms with E-state index in [0.29, 0.717) is 0 Å². The molecule has 0 aliphatic rings. The second-order valence-electron chi connectivity index (χ2n) is 5.19. The minimum Gasteiger partial charge on any atom is -0.253 e. The molecule has 1 N–H and O–H groups in total. The van der Waals surface area contributed by atoms with Gasteiger partial charge in [-0.1, -0.05) is 113 Å². The van der Waals surface area contributed by atoms with Gasteiger partial charge < -0.3 is 0 Å². The SMILES string of the molecule is ClP(Cl)NC(c1ccccc1)(c1ccccc1)c1ccccc1. The molecule has 0 aliphatic heterocycles. The van der Waals surface area contributed by atoms with Crippen molar-refractivity contribution in [2.75, 3.05) is 0 Å². The molecule has 3 aromatic rings. The van der Waals surface area contributed by atoms with Crippen LogP contribution in [-0.4, -0.2) is 0 Å². The van der Waals surface area contributed by atoms with Crippen molar-refractivity contribution < 1.29 is 0 Å². The summed E-state index contributed by atoms with van der Waals surface area (Å²) in [5.41, 5.74) is 2.72. The molecule has 0 radical (unpaired) electrons. The van der Waals surface area contributed by atoms with Crippen LogP contribution in [0.25, 0.3) is 0 Å². The van der Waals surface area contributed by atoms with Crippen LogP contribution in [0.3, 0.4) is 0 Å². The smallest absolute Gasteiger partial charge is 0.158 e. The van der Waals surface area contributed by atoms with E-state index in [4.69, 9.17) is 22.5 Å². The van der Waals surface area contributed by atoms with Crippen LogP contribution in [0.5, 0.6) is 0 Å². The van der Waals surface area contributed by atoms with Gasteiger partial charge in [-0.25, -0.2) is 0 Å². The molecule has 0 heterocycles. The van der Waals surface area contributed by atoms with Crippen LogP contribution in [0, 0.1) is 0 Å². The van der Waals surface area contributed by atoms with E-state index in [1.165, 1.54) is 0 Å². The normalized spacial score (nSPS) is 11.6. The topological polar surface area (TPSA) is 12.0 Å². The Bertz CT molecular complexity index is 636. The van der Waals surface area contributed by atoms with Gasteiger partial charge in [0, 0.05) is 0 Å². The summed E-state index contributed by atoms with van der Waals surface area (Å²) in [6.07, 6.45) is 0. The van der Waals surface area contributed by atoms with Gasteiger partial charge in [-0.2, -0.15) is 0 Å². The molecule has 0 bridgehead atoms. The second-order valence-corrected chi connectivity index (χ2v) is 8.43. The monoisotopic (exact) mass is 359 g/mol. The van der Waals surface area contributed by atoms with Gasteiger partial charge in [0.05, 0.1) is 5.54 Å². The zero-order chi connectivity index (χ0) is 16.1. The summed E-state index contributed by atoms with van der Waals surface area (Å²) in [5, 5.41) is 3.44. The van der Waals surface area contributed by atoms with E-state index in [-0.39, 0.29) is 0 Å². The molecule has 3 aromatic carbocycles. The lowest BCUT2D eigenvalue weighted by atomic mass is 9.78. The molecule has 0 amide bonds. The van der Waals surface area contributed by atoms with Gasteiger partial charge in [0.25, 0.3) is 0 Å². The zero-order valence-corrected chi connectivity index (χ0v) is 14.8. The number of hydrogen-bond acceptors (Lipinski definition) is 1. The number of rotatable bonds is 5. The molecule has 0 fully saturated rings. The maximum Gasteiger partial charge on any atom is 0.158 e. The highest BCUT2D eigenvalue weighted by Crippen LogP contribution is 2.50. The Hall–Kier alpha value is -1.37. The van der Waals surface area contributed by atoms with Gasteiger partial charge in [0.15, 0.2) is 6.78 Å². The van der Waals surface area contributed by atoms with E-state index < -0.39 is 12.3 Å². The van der Waals surface area contributed by atoms with Gasteiger partial charge >= 0.3 is 0 Å². The second kappa shape index (κ2) is 7.47. The summed E-state index contributed by atoms with van der Waals surface area (Å²) in [4.78, 5) is 0. The summed E-state index contributed by atoms with van der Waals surface area (Å²) >= 11 is 12.5. The molecule has 23 heavy (non-hydrogen) atoms. The van der Waals surface area contributed by atoms with E-state index in [9.17, 15) is 0 Å². The number of hydrogen-bond donors (Lipinski definition) is 1. The lowest BCUT2D eigenvalue weighted by Gasteiger charge is -2.37. The zero-order valence-electron chi connectivity index (χ0n) is 12.4. The summed E-state index contributed by atoms with van der Waals surface area (Å²) in [6.45, 7) is -1.36. The number of benzene rings is 3. The van der Waals surface area contributed by atoms with Crippen LogP contribution >= 0.6 is 29.3 Å². The fourth-order valence-corrected chi connectivity index (χ4v) is 4.29. The van der Waals surface area contributed by atoms with E-state index in [2.05, 4.69) is 41.5 Å². The van der Waals surface area contributed by atoms with E-state index in [0.717, 1.165) is 16.7 Å². The van der Waals surface area contributed by atoms with Crippen LogP contribution in [0.4, 0.5) is 0 Å². The van der Waals surface area contributed by atoms with Crippen LogP contribution in [-0.2, 0) is 5.54 Å². The lowest BCUT2D eigenvalue weighted by Crippen LogP contribution is -2.40. The predicted molar refractivity (Wildman–Crippen MR) is 101 cm³/mol. The molecule has 0 spiro atoms. The van der Waals surface area contributed by atoms with Crippen LogP contribution in [0.2, 0.25) is 0 Å². The molecular formula is C19H16Cl2NP. The summed E-state index contributed by atoms with van der Waals surface area (Å²) < 4.78 is 0. The van der Waals surface area contributed by atoms with Gasteiger partial charge in [-0.3, -0.25) is 5.09 Å². The average Bonchev–Trinajstić information content (AvgIpc) is 2.62. The molecular weight excluding hydrogens is 344 g/mol. The maximum atomic E-state index is 6.23. The van der Waals surface area contributed by atoms with Gasteiger partial charge in [-0.05, 0) is 16.7 Å². The van der Waals surface area contributed by atoms with E-state index in [1.54, 1.807) is 0 Å². The molecule has 1 nitrogen and oxygen atoms in total. The lowest BCUT2D eigenvalue weighted by molar-refractivity contribution is 0.600. The van der Waals surface area contributed by atoms with Crippen molar-refractivity contribution in [3.8, 4) is 0 Å². The van der Waals surface area contributed by atoms with E-state index in [1.807, 2.05) is 54.6 Å². The van der Waals surface area contributed by atoms with Crippen LogP contribution < -0.4 is 5.09 Å². The van der Waals surface area contributed by atoms with Gasteiger partial charge in [0.2, 0.25) is 0 Å². The molecule has 0 aromatic heterocycles. The van der Waals surface area contributed by atoms with Crippen molar-refractivity contribution in [3.05, 3.63) is 108 Å². The average molecular weight is 360 g/mol. The molecule has 3 rings (SSSR count). The van der Waals surface area contributed by atoms with Gasteiger partial charge in [-0.15, -0.1) is 0 Å². The maximum absolute atomic E-state index is 6.23. The highest BCUT2D eigenvalue weighted by Gasteiger charge is 2.37. The largest absolute Gasteiger partial charge is 0.253 e. The molecule has 0 atom stereocenters. The summed E-state index contributed by atoms with van der Waals surface area (Å²) in [5.74, 6) is 0. The van der Waals surface area contributed by atoms with Crippen molar-refractivity contribution in [3.63, 3.8) is 0 Å². The Balaban J connectivity index is 2.30. The van der Waals surface area contributed by atoms with Gasteiger partial charge in [0.1, 0.15) is 0 Å². The van der Waals surface area contributed by atoms with E-state index >= 15 is 0 Å². The first-order valence-electron chi connectivity index (χ1n) is 7.29. The standard InChI is InChI=1S/C19H16Cl2NP/c20-23(21)22-19(16-10-4-1-5-11-16,17-12-6-2-7-13-17)18-14-8-3-9-15-18/h1-15,22H. The predicted octanol–water partition coefficient (Wildman–Crippen LogP) is 6.27. The summed E-state index contributed by atoms with van der Waals surface area (Å²) in [6, 6.07) is 30.8. The molecule has 4 heteroatoms. The quantitative estimate of drug-likeness (QED) is 0.418. The van der Waals surface area contributed by atoms with Crippen molar-refractivity contribution in [1.82, 2.24) is 5.09 Å². The fraction of sp³-hybridized carbons (Fsp3) is 0.0526. The molecule has 0 unspecified atom stereocenters. The van der Waals surface area contributed by atoms with Crippen LogP contribution in [0.15, 0.2) is 91.0 Å². The molecule has 0 aliphatic carbocycles. The summed E-state index contributed by atoms with van der Waals surface area (Å²) in [7, 11) is 0. The Kier molecular flexibility index (Phi) is 5.35. The third kappa shape index (κ3) is 3.44. The third-order valence-corrected chi connectivity index (χ3v) is 4.88. The first-order valence-corrected chi connectivity index (χ1v) is 10.4. The third-order valence-electron chi connectivity index (χ3n) is 3.87. The first-order chi connectivity index (χ1) is 11.2. The highest BCUT2D eigenvalue weighted by molar-refractivity contribution is 8.02. The van der Waals surface area contributed by atoms with Crippen LogP contribution in [0.1, 0.15) is 16.7 Å². The fourth-order valence-electron chi connectivity index (χ4n) is 2.88. The first kappa shape index (κ1) is 16.5. The number of nitrogens with one attached hydrogen (secondary N) is 1. The Morgan fingerprint density at radius 2 is 0.870 bits per heavy atom. The van der Waals surface area contributed by atoms with Crippen molar-refractivity contribution >= 4 is 29.3 Å². The Labute approximate surface area is 147 Å². The van der Waals surface area contributed by atoms with Crippen molar-refractivity contribution in [2.24, 2.45) is 0 Å². The molecule has 0 saturated heterocycles. The van der Waals surface area contributed by atoms with Crippen molar-refractivity contribution in [1.29, 1.82) is 0 Å². The van der Waals surface area contributed by atoms with Crippen molar-refractivity contribution in [2.45, 2.75) is 5.54 Å². The Morgan fingerprint density at radius 3 is 1.13 bits per heavy atom. The Morgan fingerprint density at radius 1 is 0.565 bits per heavy atom. The minimum atomic E-state index is -1.36.